The van der Waals surface area contributed by atoms with Gasteiger partial charge in [0.05, 0.1) is 11.6 Å². The Morgan fingerprint density at radius 3 is 2.67 bits per heavy atom. The smallest absolute Gasteiger partial charge is 0.0998 e. The lowest BCUT2D eigenvalue weighted by Gasteiger charge is -2.09. The fourth-order valence-corrected chi connectivity index (χ4v) is 4.22. The van der Waals surface area contributed by atoms with Crippen LogP contribution in [-0.4, -0.2) is 16.7 Å². The summed E-state index contributed by atoms with van der Waals surface area (Å²) in [6.45, 7) is 0.148. The molecule has 2 heterocycles. The number of rotatable bonds is 3. The molecule has 0 spiro atoms. The maximum atomic E-state index is 9.35. The molecule has 0 amide bonds. The van der Waals surface area contributed by atoms with E-state index in [0.29, 0.717) is 12.0 Å². The first-order chi connectivity index (χ1) is 11.8. The van der Waals surface area contributed by atoms with Crippen LogP contribution in [0.5, 0.6) is 0 Å². The van der Waals surface area contributed by atoms with Crippen LogP contribution in [0.3, 0.4) is 0 Å². The Hall–Kier alpha value is -2.74. The van der Waals surface area contributed by atoms with Gasteiger partial charge in [0, 0.05) is 51.3 Å². The zero-order valence-electron chi connectivity index (χ0n) is 12.9. The molecule has 24 heavy (non-hydrogen) atoms. The average molecular weight is 330 g/mol. The van der Waals surface area contributed by atoms with Crippen LogP contribution in [0.15, 0.2) is 54.9 Å². The lowest BCUT2D eigenvalue weighted by molar-refractivity contribution is 0.300. The van der Waals surface area contributed by atoms with E-state index < -0.39 is 0 Å². The van der Waals surface area contributed by atoms with E-state index in [4.69, 9.17) is 0 Å². The molecule has 0 radical (unpaired) electrons. The maximum Gasteiger partial charge on any atom is 0.0998 e. The molecule has 0 fully saturated rings. The summed E-state index contributed by atoms with van der Waals surface area (Å²) in [6.07, 6.45) is 4.41. The van der Waals surface area contributed by atoms with Crippen molar-refractivity contribution in [1.82, 2.24) is 4.98 Å². The number of nitrogens with zero attached hydrogens (tertiary/aromatic N) is 2. The van der Waals surface area contributed by atoms with Gasteiger partial charge < -0.3 is 5.11 Å². The van der Waals surface area contributed by atoms with E-state index in [-0.39, 0.29) is 6.61 Å². The molecule has 0 atom stereocenters. The average Bonchev–Trinajstić information content (AvgIpc) is 3.04. The number of aliphatic hydroxyl groups excluding tert-OH is 1. The quantitative estimate of drug-likeness (QED) is 0.601. The van der Waals surface area contributed by atoms with Gasteiger partial charge in [0.1, 0.15) is 0 Å². The van der Waals surface area contributed by atoms with Gasteiger partial charge in [-0.05, 0) is 23.1 Å². The molecular weight excluding hydrogens is 316 g/mol. The minimum atomic E-state index is 0.148. The van der Waals surface area contributed by atoms with Gasteiger partial charge >= 0.3 is 0 Å². The van der Waals surface area contributed by atoms with E-state index in [0.717, 1.165) is 32.2 Å². The monoisotopic (exact) mass is 330 g/mol. The molecule has 0 saturated heterocycles. The number of nitriles is 1. The van der Waals surface area contributed by atoms with Gasteiger partial charge in [0.2, 0.25) is 0 Å². The van der Waals surface area contributed by atoms with Crippen molar-refractivity contribution >= 4 is 32.2 Å². The van der Waals surface area contributed by atoms with E-state index in [2.05, 4.69) is 17.1 Å². The molecule has 2 aromatic carbocycles. The van der Waals surface area contributed by atoms with E-state index in [1.165, 1.54) is 4.70 Å². The van der Waals surface area contributed by atoms with Gasteiger partial charge in [-0.15, -0.1) is 11.3 Å². The Morgan fingerprint density at radius 1 is 1.04 bits per heavy atom. The zero-order valence-corrected chi connectivity index (χ0v) is 13.7. The van der Waals surface area contributed by atoms with Crippen molar-refractivity contribution in [3.8, 4) is 17.2 Å². The molecule has 0 aliphatic carbocycles. The highest BCUT2D eigenvalue weighted by Crippen LogP contribution is 2.38. The van der Waals surface area contributed by atoms with E-state index in [1.807, 2.05) is 48.8 Å². The van der Waals surface area contributed by atoms with Gasteiger partial charge in [-0.3, -0.25) is 4.98 Å². The van der Waals surface area contributed by atoms with Crippen molar-refractivity contribution in [2.75, 3.05) is 6.61 Å². The van der Waals surface area contributed by atoms with Crippen LogP contribution in [-0.2, 0) is 6.42 Å². The van der Waals surface area contributed by atoms with Crippen molar-refractivity contribution in [2.45, 2.75) is 6.42 Å². The molecule has 0 aliphatic rings. The number of thiophene rings is 1. The minimum Gasteiger partial charge on any atom is -0.396 e. The van der Waals surface area contributed by atoms with E-state index in [1.54, 1.807) is 11.3 Å². The molecule has 3 nitrogen and oxygen atoms in total. The second kappa shape index (κ2) is 6.04. The number of benzene rings is 2. The summed E-state index contributed by atoms with van der Waals surface area (Å²) in [5.41, 5.74) is 2.84. The predicted octanol–water partition coefficient (Wildman–Crippen LogP) is 4.52. The van der Waals surface area contributed by atoms with Gasteiger partial charge in [-0.2, -0.15) is 5.26 Å². The molecule has 1 N–H and O–H groups in total. The van der Waals surface area contributed by atoms with Crippen LogP contribution in [0.1, 0.15) is 10.4 Å². The van der Waals surface area contributed by atoms with Crippen LogP contribution < -0.4 is 0 Å². The van der Waals surface area contributed by atoms with Gasteiger partial charge in [0.15, 0.2) is 0 Å². The third kappa shape index (κ3) is 2.35. The van der Waals surface area contributed by atoms with Crippen LogP contribution in [0.2, 0.25) is 0 Å². The minimum absolute atomic E-state index is 0.148. The van der Waals surface area contributed by atoms with Gasteiger partial charge in [0.25, 0.3) is 0 Å². The lowest BCUT2D eigenvalue weighted by atomic mass is 9.96. The van der Waals surface area contributed by atoms with Gasteiger partial charge in [-0.1, -0.05) is 30.3 Å². The third-order valence-electron chi connectivity index (χ3n) is 4.17. The third-order valence-corrected chi connectivity index (χ3v) is 5.41. The molecule has 116 valence electrons. The van der Waals surface area contributed by atoms with Crippen LogP contribution in [0.25, 0.3) is 32.0 Å². The number of aromatic nitrogens is 1. The molecule has 0 bridgehead atoms. The lowest BCUT2D eigenvalue weighted by Crippen LogP contribution is -1.86. The normalized spacial score (nSPS) is 11.0. The summed E-state index contributed by atoms with van der Waals surface area (Å²) in [6, 6.07) is 16.2. The van der Waals surface area contributed by atoms with Crippen LogP contribution in [0, 0.1) is 11.3 Å². The van der Waals surface area contributed by atoms with Crippen molar-refractivity contribution in [1.29, 1.82) is 5.26 Å². The summed E-state index contributed by atoms with van der Waals surface area (Å²) in [5.74, 6) is 0. The summed E-state index contributed by atoms with van der Waals surface area (Å²) in [4.78, 5) is 5.54. The summed E-state index contributed by atoms with van der Waals surface area (Å²) in [7, 11) is 0. The van der Waals surface area contributed by atoms with Crippen LogP contribution >= 0.6 is 11.3 Å². The SMILES string of the molecule is N#Cc1ccc(-c2cncc3cc(CCO)sc23)c2ccccc12. The Bertz CT molecular complexity index is 1090. The van der Waals surface area contributed by atoms with Crippen molar-refractivity contribution < 1.29 is 5.11 Å². The molecule has 0 unspecified atom stereocenters. The summed E-state index contributed by atoms with van der Waals surface area (Å²) >= 11 is 1.70. The van der Waals surface area contributed by atoms with Crippen LogP contribution in [0.4, 0.5) is 0 Å². The maximum absolute atomic E-state index is 9.35. The number of aliphatic hydroxyl groups is 1. The van der Waals surface area contributed by atoms with Crippen molar-refractivity contribution in [3.05, 3.63) is 65.3 Å². The largest absolute Gasteiger partial charge is 0.396 e. The molecule has 4 rings (SSSR count). The predicted molar refractivity (Wildman–Crippen MR) is 98.1 cm³/mol. The number of fused-ring (bicyclic) bond motifs is 2. The second-order valence-electron chi connectivity index (χ2n) is 5.61. The number of hydrogen-bond donors (Lipinski definition) is 1. The molecule has 4 heteroatoms. The Balaban J connectivity index is 2.02. The van der Waals surface area contributed by atoms with E-state index >= 15 is 0 Å². The first-order valence-corrected chi connectivity index (χ1v) is 8.53. The molecule has 4 aromatic rings. The first kappa shape index (κ1) is 14.8. The summed E-state index contributed by atoms with van der Waals surface area (Å²) in [5, 5.41) is 21.6. The first-order valence-electron chi connectivity index (χ1n) is 7.71. The van der Waals surface area contributed by atoms with Gasteiger partial charge in [-0.25, -0.2) is 0 Å². The molecule has 0 aliphatic heterocycles. The highest BCUT2D eigenvalue weighted by Gasteiger charge is 2.12. The Kier molecular flexibility index (Phi) is 3.73. The Labute approximate surface area is 143 Å². The van der Waals surface area contributed by atoms with Crippen molar-refractivity contribution in [2.24, 2.45) is 0 Å². The fourth-order valence-electron chi connectivity index (χ4n) is 3.07. The number of pyridine rings is 1. The molecule has 0 saturated carbocycles. The highest BCUT2D eigenvalue weighted by atomic mass is 32.1. The summed E-state index contributed by atoms with van der Waals surface area (Å²) < 4.78 is 1.17. The second-order valence-corrected chi connectivity index (χ2v) is 6.75. The molecular formula is C20H14N2OS. The van der Waals surface area contributed by atoms with E-state index in [9.17, 15) is 10.4 Å². The standard InChI is InChI=1S/C20H14N2OS/c21-10-13-5-6-18(17-4-2-1-3-16(13)17)19-12-22-11-14-9-15(7-8-23)24-20(14)19/h1-6,9,11-12,23H,7-8H2. The zero-order chi connectivity index (χ0) is 16.5. The number of hydrogen-bond acceptors (Lipinski definition) is 4. The molecule has 2 aromatic heterocycles. The van der Waals surface area contributed by atoms with Crippen molar-refractivity contribution in [3.63, 3.8) is 0 Å². The Morgan fingerprint density at radius 2 is 1.88 bits per heavy atom. The topological polar surface area (TPSA) is 56.9 Å². The fraction of sp³-hybridized carbons (Fsp3) is 0.100. The highest BCUT2D eigenvalue weighted by molar-refractivity contribution is 7.19.